The van der Waals surface area contributed by atoms with Gasteiger partial charge in [0.2, 0.25) is 0 Å². The molecule has 0 unspecified atom stereocenters. The average molecular weight is 897 g/mol. The molecule has 1 radical (unpaired) electrons. The Kier molecular flexibility index (Phi) is 14.4. The van der Waals surface area contributed by atoms with E-state index in [1.54, 1.807) is 0 Å². The zero-order valence-corrected chi connectivity index (χ0v) is 37.6. The summed E-state index contributed by atoms with van der Waals surface area (Å²) in [5.74, 6) is 2.29. The van der Waals surface area contributed by atoms with E-state index in [0.29, 0.717) is 0 Å². The van der Waals surface area contributed by atoms with E-state index in [2.05, 4.69) is 105 Å². The molecule has 1 aliphatic rings. The molecule has 53 heavy (non-hydrogen) atoms. The topological polar surface area (TPSA) is 59.4 Å². The van der Waals surface area contributed by atoms with Gasteiger partial charge in [0.1, 0.15) is 5.75 Å². The number of aromatic nitrogens is 1. The first kappa shape index (κ1) is 44.4. The average Bonchev–Trinajstić information content (AvgIpc) is 3.03. The molecule has 0 aliphatic carbocycles. The number of benzene rings is 3. The number of allylic oxidation sites excluding steroid dienone is 2. The first-order chi connectivity index (χ1) is 24.1. The predicted octanol–water partition coefficient (Wildman–Crippen LogP) is 14.0. The Morgan fingerprint density at radius 3 is 1.94 bits per heavy atom. The van der Waals surface area contributed by atoms with Crippen LogP contribution < -0.4 is 4.74 Å². The third-order valence-corrected chi connectivity index (χ3v) is 10.5. The van der Waals surface area contributed by atoms with Crippen LogP contribution in [0.5, 0.6) is 11.5 Å². The fraction of sp³-hybridized carbons (Fsp3) is 0.542. The van der Waals surface area contributed by atoms with Crippen LogP contribution in [0.4, 0.5) is 0 Å². The quantitative estimate of drug-likeness (QED) is 0.0862. The van der Waals surface area contributed by atoms with Crippen LogP contribution in [0, 0.1) is 33.6 Å². The molecule has 4 nitrogen and oxygen atoms in total. The third-order valence-electron chi connectivity index (χ3n) is 10.5. The Morgan fingerprint density at radius 2 is 1.40 bits per heavy atom. The SMILES string of the molecule is CC(C)(C)Cc1ccc2c(CC(C)(C)C)c3c([c-]c2c1)-c1nccc2cc(CC(C)(C)C)cc(c12)O3.CCC(CC)/C(O)=C/C(=O)C(C)(CC)CC.[Ir]. The maximum atomic E-state index is 12.0. The van der Waals surface area contributed by atoms with Crippen LogP contribution >= 0.6 is 0 Å². The summed E-state index contributed by atoms with van der Waals surface area (Å²) in [6.45, 7) is 30.7. The smallest absolute Gasteiger partial charge is 0.164 e. The number of carbonyl (C=O) groups is 1. The number of hydrogen-bond acceptors (Lipinski definition) is 4. The minimum atomic E-state index is -0.319. The Hall–Kier alpha value is -3.01. The van der Waals surface area contributed by atoms with Crippen molar-refractivity contribution in [1.82, 2.24) is 4.98 Å². The summed E-state index contributed by atoms with van der Waals surface area (Å²) in [6.07, 6.45) is 9.73. The zero-order chi connectivity index (χ0) is 38.8. The van der Waals surface area contributed by atoms with Crippen molar-refractivity contribution in [3.8, 4) is 22.8 Å². The molecule has 291 valence electrons. The van der Waals surface area contributed by atoms with Gasteiger partial charge in [-0.2, -0.15) is 0 Å². The molecule has 2 heterocycles. The Bertz CT molecular complexity index is 1930. The van der Waals surface area contributed by atoms with Gasteiger partial charge in [-0.1, -0.05) is 137 Å². The second-order valence-corrected chi connectivity index (χ2v) is 19.1. The van der Waals surface area contributed by atoms with E-state index >= 15 is 0 Å². The van der Waals surface area contributed by atoms with Crippen molar-refractivity contribution >= 4 is 27.3 Å². The molecular weight excluding hydrogens is 831 g/mol. The number of fused-ring (bicyclic) bond motifs is 3. The van der Waals surface area contributed by atoms with Crippen LogP contribution in [-0.2, 0) is 44.2 Å². The van der Waals surface area contributed by atoms with Crippen molar-refractivity contribution in [2.45, 2.75) is 142 Å². The van der Waals surface area contributed by atoms with E-state index in [1.807, 2.05) is 40.8 Å². The summed E-state index contributed by atoms with van der Waals surface area (Å²) in [7, 11) is 0. The summed E-state index contributed by atoms with van der Waals surface area (Å²) >= 11 is 0. The molecule has 1 aromatic heterocycles. The fourth-order valence-corrected chi connectivity index (χ4v) is 7.29. The van der Waals surface area contributed by atoms with E-state index in [9.17, 15) is 9.90 Å². The normalized spacial score (nSPS) is 13.3. The minimum Gasteiger partial charge on any atom is -0.512 e. The van der Waals surface area contributed by atoms with Gasteiger partial charge in [0.25, 0.3) is 0 Å². The zero-order valence-electron chi connectivity index (χ0n) is 35.2. The first-order valence-corrected chi connectivity index (χ1v) is 19.7. The number of carbonyl (C=O) groups excluding carboxylic acids is 1. The van der Waals surface area contributed by atoms with Crippen LogP contribution in [0.1, 0.15) is 139 Å². The standard InChI is InChI=1S/C34H40NO.C14H26O2.Ir/c1-32(2,3)18-21-10-11-25-24(14-21)17-26-30-29-23(12-13-35-30)15-22(19-33(4,5)6)16-28(29)36-31(26)27(25)20-34(7,8)9;1-6-11(7-2)12(15)10-13(16)14(5,8-3)9-4;/h10-16H,18-20H2,1-9H3;10-11,15H,6-9H2,1-5H3;/q-1;;/b;12-10-;. The second kappa shape index (κ2) is 17.2. The first-order valence-electron chi connectivity index (χ1n) is 19.7. The molecule has 0 atom stereocenters. The van der Waals surface area contributed by atoms with E-state index in [-0.39, 0.29) is 59.2 Å². The predicted molar refractivity (Wildman–Crippen MR) is 222 cm³/mol. The summed E-state index contributed by atoms with van der Waals surface area (Å²) in [5.41, 5.74) is 6.14. The Labute approximate surface area is 335 Å². The van der Waals surface area contributed by atoms with Crippen molar-refractivity contribution in [2.24, 2.45) is 27.6 Å². The van der Waals surface area contributed by atoms with Crippen molar-refractivity contribution in [1.29, 1.82) is 0 Å². The van der Waals surface area contributed by atoms with Gasteiger partial charge < -0.3 is 9.84 Å². The van der Waals surface area contributed by atoms with Crippen LogP contribution in [0.2, 0.25) is 0 Å². The molecule has 1 N–H and O–H groups in total. The molecule has 4 aromatic rings. The van der Waals surface area contributed by atoms with Gasteiger partial charge >= 0.3 is 0 Å². The maximum absolute atomic E-state index is 12.0. The number of ketones is 1. The van der Waals surface area contributed by atoms with Gasteiger partial charge in [0.05, 0.1) is 11.5 Å². The van der Waals surface area contributed by atoms with Gasteiger partial charge in [0.15, 0.2) is 5.78 Å². The summed E-state index contributed by atoms with van der Waals surface area (Å²) in [5, 5.41) is 14.6. The minimum absolute atomic E-state index is 0. The summed E-state index contributed by atoms with van der Waals surface area (Å²) in [4.78, 5) is 16.9. The number of nitrogens with zero attached hydrogens (tertiary/aromatic N) is 1. The monoisotopic (exact) mass is 897 g/mol. The number of ether oxygens (including phenoxy) is 1. The number of rotatable bonds is 10. The number of aliphatic hydroxyl groups excluding tert-OH is 1. The molecular formula is C48H66IrNO3-. The molecule has 0 amide bonds. The van der Waals surface area contributed by atoms with Gasteiger partial charge in [-0.25, -0.2) is 0 Å². The molecule has 5 heteroatoms. The molecule has 5 rings (SSSR count). The summed E-state index contributed by atoms with van der Waals surface area (Å²) < 4.78 is 6.83. The van der Waals surface area contributed by atoms with E-state index in [1.165, 1.54) is 33.5 Å². The summed E-state index contributed by atoms with van der Waals surface area (Å²) in [6, 6.07) is 17.3. The van der Waals surface area contributed by atoms with Crippen LogP contribution in [-0.4, -0.2) is 15.9 Å². The van der Waals surface area contributed by atoms with Crippen LogP contribution in [0.15, 0.2) is 54.4 Å². The molecule has 0 fully saturated rings. The van der Waals surface area contributed by atoms with E-state index < -0.39 is 0 Å². The van der Waals surface area contributed by atoms with Crippen molar-refractivity contribution in [3.05, 3.63) is 77.2 Å². The molecule has 3 aromatic carbocycles. The molecule has 0 spiro atoms. The van der Waals surface area contributed by atoms with Gasteiger partial charge in [0, 0.05) is 54.8 Å². The van der Waals surface area contributed by atoms with Crippen LogP contribution in [0.3, 0.4) is 0 Å². The molecule has 1 aliphatic heterocycles. The largest absolute Gasteiger partial charge is 0.512 e. The van der Waals surface area contributed by atoms with Gasteiger partial charge in [-0.05, 0) is 84.3 Å². The maximum Gasteiger partial charge on any atom is 0.164 e. The second-order valence-electron chi connectivity index (χ2n) is 19.1. The number of aliphatic hydroxyl groups is 1. The van der Waals surface area contributed by atoms with Gasteiger partial charge in [-0.3, -0.25) is 9.78 Å². The van der Waals surface area contributed by atoms with Crippen LogP contribution in [0.25, 0.3) is 32.8 Å². The van der Waals surface area contributed by atoms with E-state index in [0.717, 1.165) is 78.5 Å². The number of hydrogen-bond donors (Lipinski definition) is 1. The number of pyridine rings is 1. The van der Waals surface area contributed by atoms with Crippen molar-refractivity contribution in [3.63, 3.8) is 0 Å². The fourth-order valence-electron chi connectivity index (χ4n) is 7.29. The van der Waals surface area contributed by atoms with Gasteiger partial charge in [-0.15, -0.1) is 17.5 Å². The third kappa shape index (κ3) is 11.0. The Balaban J connectivity index is 0.000000379. The van der Waals surface area contributed by atoms with Crippen molar-refractivity contribution in [2.75, 3.05) is 0 Å². The Morgan fingerprint density at radius 1 is 0.811 bits per heavy atom. The van der Waals surface area contributed by atoms with E-state index in [4.69, 9.17) is 9.72 Å². The molecule has 0 bridgehead atoms. The molecule has 0 saturated heterocycles. The van der Waals surface area contributed by atoms with Crippen molar-refractivity contribution < 1.29 is 34.7 Å². The molecule has 0 saturated carbocycles.